The number of anilines is 1. The topological polar surface area (TPSA) is 81.3 Å². The van der Waals surface area contributed by atoms with Crippen molar-refractivity contribution in [3.63, 3.8) is 0 Å². The Morgan fingerprint density at radius 2 is 2.16 bits per heavy atom. The molecule has 1 aliphatic rings. The Kier molecular flexibility index (Phi) is 5.23. The summed E-state index contributed by atoms with van der Waals surface area (Å²) in [5.74, 6) is -0.355. The minimum atomic E-state index is -0.359. The Hall–Kier alpha value is -2.54. The van der Waals surface area contributed by atoms with E-state index in [4.69, 9.17) is 10.5 Å². The van der Waals surface area contributed by atoms with Gasteiger partial charge in [-0.05, 0) is 25.3 Å². The second-order valence-electron chi connectivity index (χ2n) is 6.04. The minimum Gasteiger partial charge on any atom is -0.375 e. The van der Waals surface area contributed by atoms with Gasteiger partial charge >= 0.3 is 0 Å². The minimum absolute atomic E-state index is 0.00605. The zero-order valence-corrected chi connectivity index (χ0v) is 14.1. The molecule has 1 atom stereocenters. The first kappa shape index (κ1) is 17.3. The van der Waals surface area contributed by atoms with E-state index in [1.165, 1.54) is 19.4 Å². The number of aromatic nitrogens is 2. The van der Waals surface area contributed by atoms with Gasteiger partial charge in [-0.1, -0.05) is 18.2 Å². The van der Waals surface area contributed by atoms with Gasteiger partial charge in [-0.25, -0.2) is 14.4 Å². The van der Waals surface area contributed by atoms with Gasteiger partial charge in [-0.2, -0.15) is 0 Å². The number of hydrogen-bond acceptors (Lipinski definition) is 5. The fourth-order valence-corrected chi connectivity index (χ4v) is 3.27. The van der Waals surface area contributed by atoms with Crippen molar-refractivity contribution >= 4 is 11.9 Å². The van der Waals surface area contributed by atoms with Gasteiger partial charge < -0.3 is 15.4 Å². The molecule has 2 N–H and O–H groups in total. The zero-order chi connectivity index (χ0) is 17.8. The maximum Gasteiger partial charge on any atom is 0.249 e. The predicted molar refractivity (Wildman–Crippen MR) is 92.0 cm³/mol. The van der Waals surface area contributed by atoms with Crippen molar-refractivity contribution in [3.05, 3.63) is 42.0 Å². The number of likely N-dealkylation sites (tertiary alicyclic amines) is 1. The molecule has 0 radical (unpaired) electrons. The predicted octanol–water partition coefficient (Wildman–Crippen LogP) is 2.56. The second-order valence-corrected chi connectivity index (χ2v) is 6.04. The average molecular weight is 344 g/mol. The number of carbonyl (C=O) groups excluding carboxylic acids is 1. The van der Waals surface area contributed by atoms with Crippen molar-refractivity contribution in [2.24, 2.45) is 0 Å². The third-order valence-electron chi connectivity index (χ3n) is 4.41. The van der Waals surface area contributed by atoms with E-state index < -0.39 is 0 Å². The molecule has 0 saturated carbocycles. The van der Waals surface area contributed by atoms with Crippen LogP contribution in [0.5, 0.6) is 0 Å². The number of carbonyl (C=O) groups is 1. The molecule has 2 aromatic rings. The fraction of sp³-hybridized carbons (Fsp3) is 0.389. The molecule has 25 heavy (non-hydrogen) atoms. The standard InChI is InChI=1S/C18H21FN4O2/c1-25-11-16(24)23-9-5-4-8-15(23)17-13(10-21-18(20)22-17)12-6-2-3-7-14(12)19/h2-3,6-7,10,15H,4-5,8-9,11H2,1H3,(H2,20,21,22)/t15-/m1/s1. The largest absolute Gasteiger partial charge is 0.375 e. The van der Waals surface area contributed by atoms with Crippen LogP contribution in [0.2, 0.25) is 0 Å². The maximum atomic E-state index is 14.3. The van der Waals surface area contributed by atoms with Gasteiger partial charge in [-0.3, -0.25) is 4.79 Å². The number of halogens is 1. The van der Waals surface area contributed by atoms with Gasteiger partial charge in [0.2, 0.25) is 11.9 Å². The van der Waals surface area contributed by atoms with E-state index in [0.29, 0.717) is 23.4 Å². The molecule has 1 fully saturated rings. The zero-order valence-electron chi connectivity index (χ0n) is 14.1. The number of nitrogens with zero attached hydrogens (tertiary/aromatic N) is 3. The third-order valence-corrected chi connectivity index (χ3v) is 4.41. The number of benzene rings is 1. The van der Waals surface area contributed by atoms with Crippen LogP contribution in [0.4, 0.5) is 10.3 Å². The van der Waals surface area contributed by atoms with Crippen LogP contribution in [-0.2, 0) is 9.53 Å². The molecule has 6 nitrogen and oxygen atoms in total. The monoisotopic (exact) mass is 344 g/mol. The van der Waals surface area contributed by atoms with Crippen LogP contribution < -0.4 is 5.73 Å². The van der Waals surface area contributed by atoms with E-state index in [9.17, 15) is 9.18 Å². The molecule has 0 aliphatic carbocycles. The Morgan fingerprint density at radius 3 is 2.92 bits per heavy atom. The van der Waals surface area contributed by atoms with Crippen molar-refractivity contribution in [3.8, 4) is 11.1 Å². The van der Waals surface area contributed by atoms with Gasteiger partial charge in [0.25, 0.3) is 0 Å². The number of rotatable bonds is 4. The van der Waals surface area contributed by atoms with Crippen LogP contribution in [0, 0.1) is 5.82 Å². The smallest absolute Gasteiger partial charge is 0.249 e. The third kappa shape index (κ3) is 3.61. The van der Waals surface area contributed by atoms with E-state index in [1.807, 2.05) is 0 Å². The Labute approximate surface area is 145 Å². The Balaban J connectivity index is 2.07. The van der Waals surface area contributed by atoms with Crippen molar-refractivity contribution in [2.45, 2.75) is 25.3 Å². The first-order chi connectivity index (χ1) is 12.1. The van der Waals surface area contributed by atoms with Crippen molar-refractivity contribution in [2.75, 3.05) is 26.0 Å². The fourth-order valence-electron chi connectivity index (χ4n) is 3.27. The molecule has 0 bridgehead atoms. The van der Waals surface area contributed by atoms with Crippen molar-refractivity contribution in [1.82, 2.24) is 14.9 Å². The highest BCUT2D eigenvalue weighted by Gasteiger charge is 2.31. The number of nitrogens with two attached hydrogens (primary N) is 1. The maximum absolute atomic E-state index is 14.3. The highest BCUT2D eigenvalue weighted by Crippen LogP contribution is 2.36. The molecule has 1 aromatic heterocycles. The molecule has 7 heteroatoms. The highest BCUT2D eigenvalue weighted by molar-refractivity contribution is 5.78. The van der Waals surface area contributed by atoms with E-state index in [-0.39, 0.29) is 30.3 Å². The number of ether oxygens (including phenoxy) is 1. The van der Waals surface area contributed by atoms with Crippen molar-refractivity contribution in [1.29, 1.82) is 0 Å². The van der Waals surface area contributed by atoms with Gasteiger partial charge in [-0.15, -0.1) is 0 Å². The summed E-state index contributed by atoms with van der Waals surface area (Å²) in [5.41, 5.74) is 7.34. The summed E-state index contributed by atoms with van der Waals surface area (Å²) >= 11 is 0. The quantitative estimate of drug-likeness (QED) is 0.922. The van der Waals surface area contributed by atoms with Crippen LogP contribution in [0.3, 0.4) is 0 Å². The van der Waals surface area contributed by atoms with Crippen molar-refractivity contribution < 1.29 is 13.9 Å². The number of piperidine rings is 1. The summed E-state index contributed by atoms with van der Waals surface area (Å²) in [5, 5.41) is 0. The first-order valence-corrected chi connectivity index (χ1v) is 8.27. The Bertz CT molecular complexity index is 768. The SMILES string of the molecule is COCC(=O)N1CCCC[C@@H]1c1nc(N)ncc1-c1ccccc1F. The number of methoxy groups -OCH3 is 1. The molecule has 2 heterocycles. The van der Waals surface area contributed by atoms with Crippen LogP contribution in [0.1, 0.15) is 31.0 Å². The molecular formula is C18H21FN4O2. The lowest BCUT2D eigenvalue weighted by atomic mass is 9.93. The molecule has 0 spiro atoms. The lowest BCUT2D eigenvalue weighted by Gasteiger charge is -2.36. The summed E-state index contributed by atoms with van der Waals surface area (Å²) in [6, 6.07) is 6.19. The molecule has 1 aliphatic heterocycles. The van der Waals surface area contributed by atoms with Gasteiger partial charge in [0, 0.05) is 31.0 Å². The van der Waals surface area contributed by atoms with Crippen LogP contribution in [-0.4, -0.2) is 41.0 Å². The number of amides is 1. The summed E-state index contributed by atoms with van der Waals surface area (Å²) in [7, 11) is 1.49. The second kappa shape index (κ2) is 7.57. The number of hydrogen-bond donors (Lipinski definition) is 1. The van der Waals surface area contributed by atoms with Crippen LogP contribution >= 0.6 is 0 Å². The molecule has 0 unspecified atom stereocenters. The van der Waals surface area contributed by atoms with Crippen LogP contribution in [0.15, 0.2) is 30.5 Å². The summed E-state index contributed by atoms with van der Waals surface area (Å²) < 4.78 is 19.3. The van der Waals surface area contributed by atoms with Gasteiger partial charge in [0.1, 0.15) is 12.4 Å². The normalized spacial score (nSPS) is 17.5. The Morgan fingerprint density at radius 1 is 1.36 bits per heavy atom. The number of nitrogen functional groups attached to an aromatic ring is 1. The first-order valence-electron chi connectivity index (χ1n) is 8.27. The summed E-state index contributed by atoms with van der Waals surface area (Å²) in [6.45, 7) is 0.625. The molecule has 132 valence electrons. The van der Waals surface area contributed by atoms with E-state index in [0.717, 1.165) is 19.3 Å². The van der Waals surface area contributed by atoms with E-state index in [2.05, 4.69) is 9.97 Å². The summed E-state index contributed by atoms with van der Waals surface area (Å²) in [6.07, 6.45) is 4.15. The molecule has 1 amide bonds. The lowest BCUT2D eigenvalue weighted by molar-refractivity contribution is -0.139. The average Bonchev–Trinajstić information content (AvgIpc) is 2.62. The van der Waals surface area contributed by atoms with E-state index >= 15 is 0 Å². The highest BCUT2D eigenvalue weighted by atomic mass is 19.1. The lowest BCUT2D eigenvalue weighted by Crippen LogP contribution is -2.41. The molecule has 1 saturated heterocycles. The van der Waals surface area contributed by atoms with Gasteiger partial charge in [0.15, 0.2) is 0 Å². The molecule has 3 rings (SSSR count). The molecule has 1 aromatic carbocycles. The van der Waals surface area contributed by atoms with Gasteiger partial charge in [0.05, 0.1) is 11.7 Å². The molecular weight excluding hydrogens is 323 g/mol. The summed E-state index contributed by atoms with van der Waals surface area (Å²) in [4.78, 5) is 22.6. The van der Waals surface area contributed by atoms with Crippen LogP contribution in [0.25, 0.3) is 11.1 Å². The van der Waals surface area contributed by atoms with E-state index in [1.54, 1.807) is 23.1 Å².